The Morgan fingerprint density at radius 2 is 2.20 bits per heavy atom. The van der Waals surface area contributed by atoms with Crippen molar-refractivity contribution < 1.29 is 14.6 Å². The Morgan fingerprint density at radius 1 is 1.40 bits per heavy atom. The minimum atomic E-state index is -0.688. The van der Waals surface area contributed by atoms with E-state index in [1.165, 1.54) is 0 Å². The molecule has 1 aromatic carbocycles. The molecule has 1 aromatic rings. The van der Waals surface area contributed by atoms with Gasteiger partial charge in [0, 0.05) is 12.0 Å². The molecule has 1 heterocycles. The van der Waals surface area contributed by atoms with Crippen molar-refractivity contribution in [1.82, 2.24) is 0 Å². The minimum Gasteiger partial charge on any atom is -0.486 e. The third-order valence-corrected chi connectivity index (χ3v) is 2.27. The van der Waals surface area contributed by atoms with E-state index in [-0.39, 0.29) is 6.42 Å². The molecular formula is C12H12O3. The molecule has 1 unspecified atom stereocenters. The summed E-state index contributed by atoms with van der Waals surface area (Å²) in [5, 5.41) is 9.80. The molecule has 3 nitrogen and oxygen atoms in total. The van der Waals surface area contributed by atoms with Crippen LogP contribution in [0.2, 0.25) is 0 Å². The van der Waals surface area contributed by atoms with Gasteiger partial charge in [-0.3, -0.25) is 0 Å². The van der Waals surface area contributed by atoms with Gasteiger partial charge in [-0.1, -0.05) is 12.1 Å². The summed E-state index contributed by atoms with van der Waals surface area (Å²) in [5.74, 6) is 3.72. The second-order valence-electron chi connectivity index (χ2n) is 3.30. The fraction of sp³-hybridized carbons (Fsp3) is 0.333. The highest BCUT2D eigenvalue weighted by atomic mass is 16.6. The molecule has 3 heteroatoms. The van der Waals surface area contributed by atoms with Crippen LogP contribution in [0.25, 0.3) is 0 Å². The second kappa shape index (κ2) is 4.24. The van der Waals surface area contributed by atoms with E-state index in [4.69, 9.17) is 15.9 Å². The van der Waals surface area contributed by atoms with Crippen LogP contribution in [0, 0.1) is 12.3 Å². The average molecular weight is 204 g/mol. The van der Waals surface area contributed by atoms with Crippen LogP contribution in [-0.2, 0) is 0 Å². The molecule has 0 amide bonds. The van der Waals surface area contributed by atoms with Crippen molar-refractivity contribution in [3.63, 3.8) is 0 Å². The number of hydrogen-bond acceptors (Lipinski definition) is 3. The number of para-hydroxylation sites is 1. The molecule has 2 rings (SSSR count). The van der Waals surface area contributed by atoms with Crippen molar-refractivity contribution in [2.75, 3.05) is 13.2 Å². The first-order valence-electron chi connectivity index (χ1n) is 4.83. The third-order valence-electron chi connectivity index (χ3n) is 2.27. The lowest BCUT2D eigenvalue weighted by Crippen LogP contribution is -2.17. The molecule has 1 N–H and O–H groups in total. The van der Waals surface area contributed by atoms with Crippen LogP contribution in [0.5, 0.6) is 11.5 Å². The summed E-state index contributed by atoms with van der Waals surface area (Å²) in [6.45, 7) is 1.05. The highest BCUT2D eigenvalue weighted by Gasteiger charge is 2.19. The number of hydrogen-bond donors (Lipinski definition) is 1. The standard InChI is InChI=1S/C12H12O3/c1-2-4-10(13)9-5-3-6-11-12(9)15-8-7-14-11/h1,3,5-6,10,13H,4,7-8H2. The number of fused-ring (bicyclic) bond motifs is 1. The molecule has 0 bridgehead atoms. The zero-order chi connectivity index (χ0) is 10.7. The van der Waals surface area contributed by atoms with Gasteiger partial charge in [0.05, 0.1) is 6.10 Å². The van der Waals surface area contributed by atoms with Gasteiger partial charge in [-0.2, -0.15) is 0 Å². The van der Waals surface area contributed by atoms with Gasteiger partial charge >= 0.3 is 0 Å². The van der Waals surface area contributed by atoms with Crippen LogP contribution in [0.3, 0.4) is 0 Å². The number of aliphatic hydroxyl groups is 1. The van der Waals surface area contributed by atoms with Crippen LogP contribution >= 0.6 is 0 Å². The Balaban J connectivity index is 2.35. The summed E-state index contributed by atoms with van der Waals surface area (Å²) in [6, 6.07) is 5.44. The lowest BCUT2D eigenvalue weighted by atomic mass is 10.0. The highest BCUT2D eigenvalue weighted by Crippen LogP contribution is 2.37. The molecule has 0 aliphatic carbocycles. The van der Waals surface area contributed by atoms with E-state index < -0.39 is 6.10 Å². The summed E-state index contributed by atoms with van der Waals surface area (Å²) in [7, 11) is 0. The van der Waals surface area contributed by atoms with E-state index in [9.17, 15) is 5.11 Å². The van der Waals surface area contributed by atoms with Crippen LogP contribution in [-0.4, -0.2) is 18.3 Å². The highest BCUT2D eigenvalue weighted by molar-refractivity contribution is 5.48. The van der Waals surface area contributed by atoms with Crippen molar-refractivity contribution >= 4 is 0 Å². The molecule has 0 spiro atoms. The third kappa shape index (κ3) is 1.90. The van der Waals surface area contributed by atoms with Crippen molar-refractivity contribution in [2.24, 2.45) is 0 Å². The largest absolute Gasteiger partial charge is 0.486 e. The number of terminal acetylenes is 1. The summed E-state index contributed by atoms with van der Waals surface area (Å²) >= 11 is 0. The summed E-state index contributed by atoms with van der Waals surface area (Å²) in [4.78, 5) is 0. The molecule has 78 valence electrons. The van der Waals surface area contributed by atoms with Crippen molar-refractivity contribution in [1.29, 1.82) is 0 Å². The zero-order valence-corrected chi connectivity index (χ0v) is 8.27. The van der Waals surface area contributed by atoms with E-state index in [2.05, 4.69) is 5.92 Å². The second-order valence-corrected chi connectivity index (χ2v) is 3.30. The van der Waals surface area contributed by atoms with E-state index in [0.29, 0.717) is 30.3 Å². The average Bonchev–Trinajstić information content (AvgIpc) is 2.28. The molecule has 0 saturated heterocycles. The molecular weight excluding hydrogens is 192 g/mol. The van der Waals surface area contributed by atoms with Gasteiger partial charge in [0.2, 0.25) is 0 Å². The van der Waals surface area contributed by atoms with Gasteiger partial charge in [-0.25, -0.2) is 0 Å². The SMILES string of the molecule is C#CCC(O)c1cccc2c1OCCO2. The van der Waals surface area contributed by atoms with Gasteiger partial charge in [-0.05, 0) is 6.07 Å². The Morgan fingerprint density at radius 3 is 3.00 bits per heavy atom. The maximum Gasteiger partial charge on any atom is 0.167 e. The quantitative estimate of drug-likeness (QED) is 0.742. The van der Waals surface area contributed by atoms with Crippen LogP contribution in [0.4, 0.5) is 0 Å². The van der Waals surface area contributed by atoms with Gasteiger partial charge in [0.1, 0.15) is 13.2 Å². The molecule has 15 heavy (non-hydrogen) atoms. The molecule has 0 fully saturated rings. The predicted molar refractivity (Wildman–Crippen MR) is 55.8 cm³/mol. The first-order valence-corrected chi connectivity index (χ1v) is 4.83. The Kier molecular flexibility index (Phi) is 2.79. The Bertz CT molecular complexity index is 392. The molecule has 0 saturated carbocycles. The summed E-state index contributed by atoms with van der Waals surface area (Å²) in [5.41, 5.74) is 0.699. The van der Waals surface area contributed by atoms with E-state index in [1.54, 1.807) is 6.07 Å². The molecule has 1 aliphatic heterocycles. The first-order chi connectivity index (χ1) is 7.33. The Hall–Kier alpha value is -1.66. The van der Waals surface area contributed by atoms with Crippen LogP contribution in [0.1, 0.15) is 18.1 Å². The van der Waals surface area contributed by atoms with Gasteiger partial charge in [0.15, 0.2) is 11.5 Å². The van der Waals surface area contributed by atoms with E-state index in [0.717, 1.165) is 0 Å². The van der Waals surface area contributed by atoms with Gasteiger partial charge < -0.3 is 14.6 Å². The molecule has 0 radical (unpaired) electrons. The molecule has 1 aliphatic rings. The maximum absolute atomic E-state index is 9.80. The van der Waals surface area contributed by atoms with Gasteiger partial charge in [-0.15, -0.1) is 12.3 Å². The normalized spacial score (nSPS) is 15.5. The topological polar surface area (TPSA) is 38.7 Å². The van der Waals surface area contributed by atoms with Crippen molar-refractivity contribution in [3.05, 3.63) is 23.8 Å². The van der Waals surface area contributed by atoms with E-state index in [1.807, 2.05) is 12.1 Å². The summed E-state index contributed by atoms with van der Waals surface area (Å²) in [6.07, 6.45) is 4.75. The van der Waals surface area contributed by atoms with Gasteiger partial charge in [0.25, 0.3) is 0 Å². The molecule has 0 aromatic heterocycles. The number of benzene rings is 1. The number of ether oxygens (including phenoxy) is 2. The maximum atomic E-state index is 9.80. The molecule has 1 atom stereocenters. The Labute approximate surface area is 88.6 Å². The fourth-order valence-electron chi connectivity index (χ4n) is 1.58. The van der Waals surface area contributed by atoms with E-state index >= 15 is 0 Å². The smallest absolute Gasteiger partial charge is 0.167 e. The first kappa shape index (κ1) is 9.88. The van der Waals surface area contributed by atoms with Crippen LogP contribution < -0.4 is 9.47 Å². The lowest BCUT2D eigenvalue weighted by molar-refractivity contribution is 0.148. The fourth-order valence-corrected chi connectivity index (χ4v) is 1.58. The predicted octanol–water partition coefficient (Wildman–Crippen LogP) is 1.51. The zero-order valence-electron chi connectivity index (χ0n) is 8.27. The van der Waals surface area contributed by atoms with Crippen LogP contribution in [0.15, 0.2) is 18.2 Å². The minimum absolute atomic E-state index is 0.278. The lowest BCUT2D eigenvalue weighted by Gasteiger charge is -2.22. The monoisotopic (exact) mass is 204 g/mol. The van der Waals surface area contributed by atoms with Crippen molar-refractivity contribution in [3.8, 4) is 23.8 Å². The number of aliphatic hydroxyl groups excluding tert-OH is 1. The van der Waals surface area contributed by atoms with Crippen molar-refractivity contribution in [2.45, 2.75) is 12.5 Å². The summed E-state index contributed by atoms with van der Waals surface area (Å²) < 4.78 is 10.9. The number of rotatable bonds is 2.